The van der Waals surface area contributed by atoms with Gasteiger partial charge in [-0.3, -0.25) is 9.10 Å². The van der Waals surface area contributed by atoms with Gasteiger partial charge in [-0.15, -0.1) is 0 Å². The van der Waals surface area contributed by atoms with Crippen LogP contribution in [-0.2, 0) is 21.4 Å². The topological polar surface area (TPSA) is 93.1 Å². The van der Waals surface area contributed by atoms with Gasteiger partial charge in [-0.25, -0.2) is 8.42 Å². The number of carbonyl (C=O) groups is 1. The highest BCUT2D eigenvalue weighted by atomic mass is 32.2. The molecule has 0 aliphatic rings. The number of aliphatic carboxylic acids is 1. The molecule has 0 aromatic heterocycles. The molecule has 3 aromatic carbocycles. The maximum absolute atomic E-state index is 13.6. The largest absolute Gasteiger partial charge is 0.497 e. The van der Waals surface area contributed by atoms with Crippen molar-refractivity contribution in [2.24, 2.45) is 0 Å². The number of anilines is 1. The first-order chi connectivity index (χ1) is 14.9. The van der Waals surface area contributed by atoms with Gasteiger partial charge < -0.3 is 14.6 Å². The summed E-state index contributed by atoms with van der Waals surface area (Å²) in [6, 6.07) is 22.0. The summed E-state index contributed by atoms with van der Waals surface area (Å²) < 4.78 is 39.2. The first-order valence-corrected chi connectivity index (χ1v) is 11.0. The molecule has 0 spiro atoms. The van der Waals surface area contributed by atoms with E-state index >= 15 is 0 Å². The molecule has 0 saturated carbocycles. The van der Waals surface area contributed by atoms with Crippen LogP contribution in [0, 0.1) is 0 Å². The minimum atomic E-state index is -3.96. The molecule has 3 aromatic rings. The third kappa shape index (κ3) is 5.55. The Bertz CT molecular complexity index is 1110. The number of para-hydroxylation sites is 2. The molecule has 0 radical (unpaired) electrons. The van der Waals surface area contributed by atoms with E-state index in [1.807, 2.05) is 30.3 Å². The van der Waals surface area contributed by atoms with Crippen molar-refractivity contribution in [2.75, 3.05) is 18.0 Å². The smallest absolute Gasteiger partial charge is 0.306 e. The summed E-state index contributed by atoms with van der Waals surface area (Å²) in [6.07, 6.45) is -0.196. The maximum atomic E-state index is 13.6. The Hall–Kier alpha value is -3.52. The van der Waals surface area contributed by atoms with Gasteiger partial charge >= 0.3 is 5.97 Å². The third-order valence-electron chi connectivity index (χ3n) is 4.52. The van der Waals surface area contributed by atoms with Crippen LogP contribution < -0.4 is 13.8 Å². The van der Waals surface area contributed by atoms with Crippen molar-refractivity contribution in [3.05, 3.63) is 84.4 Å². The summed E-state index contributed by atoms with van der Waals surface area (Å²) in [5, 5.41) is 8.89. The summed E-state index contributed by atoms with van der Waals surface area (Å²) in [5.74, 6) is -0.160. The van der Waals surface area contributed by atoms with Crippen molar-refractivity contribution in [1.29, 1.82) is 0 Å². The van der Waals surface area contributed by atoms with Crippen molar-refractivity contribution < 1.29 is 27.8 Å². The van der Waals surface area contributed by atoms with Crippen molar-refractivity contribution in [3.63, 3.8) is 0 Å². The fraction of sp³-hybridized carbons (Fsp3) is 0.174. The number of carboxylic acid groups (broad SMARTS) is 1. The van der Waals surface area contributed by atoms with Gasteiger partial charge in [0.1, 0.15) is 11.5 Å². The summed E-state index contributed by atoms with van der Waals surface area (Å²) in [4.78, 5) is 11.0. The number of ether oxygens (including phenoxy) is 2. The fourth-order valence-electron chi connectivity index (χ4n) is 2.96. The average Bonchev–Trinajstić information content (AvgIpc) is 2.78. The van der Waals surface area contributed by atoms with E-state index < -0.39 is 16.0 Å². The summed E-state index contributed by atoms with van der Waals surface area (Å²) >= 11 is 0. The zero-order chi connectivity index (χ0) is 22.3. The van der Waals surface area contributed by atoms with E-state index in [2.05, 4.69) is 0 Å². The van der Waals surface area contributed by atoms with Gasteiger partial charge in [0.2, 0.25) is 0 Å². The average molecular weight is 442 g/mol. The van der Waals surface area contributed by atoms with Crippen LogP contribution in [0.3, 0.4) is 0 Å². The number of hydrogen-bond donors (Lipinski definition) is 1. The highest BCUT2D eigenvalue weighted by molar-refractivity contribution is 7.92. The van der Waals surface area contributed by atoms with E-state index in [0.29, 0.717) is 11.4 Å². The fourth-order valence-corrected chi connectivity index (χ4v) is 4.42. The molecule has 0 unspecified atom stereocenters. The lowest BCUT2D eigenvalue weighted by Crippen LogP contribution is -2.31. The van der Waals surface area contributed by atoms with Crippen LogP contribution in [0.4, 0.5) is 5.69 Å². The Morgan fingerprint density at radius 2 is 1.58 bits per heavy atom. The number of nitrogens with zero attached hydrogens (tertiary/aromatic N) is 1. The van der Waals surface area contributed by atoms with Gasteiger partial charge in [0.05, 0.1) is 37.3 Å². The van der Waals surface area contributed by atoms with E-state index in [0.717, 1.165) is 5.56 Å². The molecule has 162 valence electrons. The molecule has 0 heterocycles. The predicted octanol–water partition coefficient (Wildman–Crippen LogP) is 3.94. The van der Waals surface area contributed by atoms with Gasteiger partial charge in [-0.1, -0.05) is 42.5 Å². The Labute approximate surface area is 181 Å². The Morgan fingerprint density at radius 1 is 0.935 bits per heavy atom. The van der Waals surface area contributed by atoms with Crippen molar-refractivity contribution >= 4 is 21.7 Å². The SMILES string of the molecule is COc1ccc(S(=O)(=O)N(Cc2ccccc2)c2ccccc2OCCC(=O)O)cc1. The maximum Gasteiger partial charge on any atom is 0.306 e. The van der Waals surface area contributed by atoms with Crippen LogP contribution in [0.15, 0.2) is 83.8 Å². The minimum Gasteiger partial charge on any atom is -0.497 e. The lowest BCUT2D eigenvalue weighted by molar-refractivity contribution is -0.137. The van der Waals surface area contributed by atoms with Crippen LogP contribution in [0.1, 0.15) is 12.0 Å². The van der Waals surface area contributed by atoms with Crippen LogP contribution >= 0.6 is 0 Å². The highest BCUT2D eigenvalue weighted by Crippen LogP contribution is 2.34. The monoisotopic (exact) mass is 441 g/mol. The lowest BCUT2D eigenvalue weighted by Gasteiger charge is -2.26. The van der Waals surface area contributed by atoms with E-state index in [-0.39, 0.29) is 30.2 Å². The van der Waals surface area contributed by atoms with E-state index in [1.165, 1.54) is 23.5 Å². The third-order valence-corrected chi connectivity index (χ3v) is 6.30. The molecule has 31 heavy (non-hydrogen) atoms. The second-order valence-corrected chi connectivity index (χ2v) is 8.50. The van der Waals surface area contributed by atoms with Crippen molar-refractivity contribution in [2.45, 2.75) is 17.9 Å². The second-order valence-electron chi connectivity index (χ2n) is 6.63. The standard InChI is InChI=1S/C23H23NO6S/c1-29-19-11-13-20(14-12-19)31(27,28)24(17-18-7-3-2-4-8-18)21-9-5-6-10-22(21)30-16-15-23(25)26/h2-14H,15-17H2,1H3,(H,25,26). The van der Waals surface area contributed by atoms with Crippen LogP contribution in [0.5, 0.6) is 11.5 Å². The number of carboxylic acids is 1. The van der Waals surface area contributed by atoms with Crippen LogP contribution in [0.2, 0.25) is 0 Å². The number of rotatable bonds is 10. The summed E-state index contributed by atoms with van der Waals surface area (Å²) in [6.45, 7) is 0.00259. The zero-order valence-corrected chi connectivity index (χ0v) is 17.8. The number of benzene rings is 3. The molecule has 3 rings (SSSR count). The zero-order valence-electron chi connectivity index (χ0n) is 17.0. The molecule has 1 N–H and O–H groups in total. The molecule has 8 heteroatoms. The van der Waals surface area contributed by atoms with E-state index in [9.17, 15) is 13.2 Å². The first kappa shape index (κ1) is 22.2. The molecule has 0 fully saturated rings. The molecule has 0 bridgehead atoms. The van der Waals surface area contributed by atoms with Gasteiger partial charge in [0.25, 0.3) is 10.0 Å². The predicted molar refractivity (Wildman–Crippen MR) is 117 cm³/mol. The minimum absolute atomic E-state index is 0.0753. The number of hydrogen-bond acceptors (Lipinski definition) is 5. The van der Waals surface area contributed by atoms with Crippen molar-refractivity contribution in [3.8, 4) is 11.5 Å². The molecule has 0 aliphatic heterocycles. The van der Waals surface area contributed by atoms with Crippen LogP contribution in [-0.4, -0.2) is 33.2 Å². The Kier molecular flexibility index (Phi) is 7.15. The molecule has 0 saturated heterocycles. The molecular formula is C23H23NO6S. The normalized spacial score (nSPS) is 11.0. The first-order valence-electron chi connectivity index (χ1n) is 9.56. The molecule has 0 atom stereocenters. The lowest BCUT2D eigenvalue weighted by atomic mass is 10.2. The van der Waals surface area contributed by atoms with Gasteiger partial charge in [0, 0.05) is 0 Å². The molecule has 0 aliphatic carbocycles. The second kappa shape index (κ2) is 9.99. The molecular weight excluding hydrogens is 418 g/mol. The van der Waals surface area contributed by atoms with Crippen molar-refractivity contribution in [1.82, 2.24) is 0 Å². The Balaban J connectivity index is 2.04. The summed E-state index contributed by atoms with van der Waals surface area (Å²) in [7, 11) is -2.45. The van der Waals surface area contributed by atoms with Crippen LogP contribution in [0.25, 0.3) is 0 Å². The van der Waals surface area contributed by atoms with Gasteiger partial charge in [-0.2, -0.15) is 0 Å². The highest BCUT2D eigenvalue weighted by Gasteiger charge is 2.27. The van der Waals surface area contributed by atoms with Gasteiger partial charge in [0.15, 0.2) is 0 Å². The number of methoxy groups -OCH3 is 1. The van der Waals surface area contributed by atoms with E-state index in [4.69, 9.17) is 14.6 Å². The Morgan fingerprint density at radius 3 is 2.23 bits per heavy atom. The molecule has 0 amide bonds. The van der Waals surface area contributed by atoms with E-state index in [1.54, 1.807) is 36.4 Å². The quantitative estimate of drug-likeness (QED) is 0.512. The number of sulfonamides is 1. The molecule has 7 nitrogen and oxygen atoms in total. The summed E-state index contributed by atoms with van der Waals surface area (Å²) in [5.41, 5.74) is 1.12. The van der Waals surface area contributed by atoms with Gasteiger partial charge in [-0.05, 0) is 42.0 Å².